The van der Waals surface area contributed by atoms with E-state index in [1.165, 1.54) is 0 Å². The van der Waals surface area contributed by atoms with E-state index in [4.69, 9.17) is 14.2 Å². The summed E-state index contributed by atoms with van der Waals surface area (Å²) in [5, 5.41) is 0. The monoisotopic (exact) mass is 310 g/mol. The Balaban J connectivity index is 1.54. The summed E-state index contributed by atoms with van der Waals surface area (Å²) in [6.45, 7) is 0.586. The highest BCUT2D eigenvalue weighted by molar-refractivity contribution is 5.95. The van der Waals surface area contributed by atoms with Crippen molar-refractivity contribution in [2.75, 3.05) is 20.3 Å². The zero-order valence-electron chi connectivity index (χ0n) is 13.0. The maximum absolute atomic E-state index is 12.1. The standard InChI is InChI=1S/C19H18O4/c1-21-17-8-6-14(7-9-17)10-11-22-19(20)16-12-15-4-2-3-5-18(15)23-13-16/h2-9,12H,10-11,13H2,1H3. The molecule has 1 aliphatic rings. The molecule has 0 saturated heterocycles. The summed E-state index contributed by atoms with van der Waals surface area (Å²) in [6, 6.07) is 15.3. The number of carbonyl (C=O) groups excluding carboxylic acids is 1. The zero-order valence-corrected chi connectivity index (χ0v) is 13.0. The van der Waals surface area contributed by atoms with Gasteiger partial charge in [0, 0.05) is 12.0 Å². The van der Waals surface area contributed by atoms with Gasteiger partial charge in [0.05, 0.1) is 19.3 Å². The Hall–Kier alpha value is -2.75. The Morgan fingerprint density at radius 2 is 1.91 bits per heavy atom. The first kappa shape index (κ1) is 15.2. The van der Waals surface area contributed by atoms with Crippen molar-refractivity contribution in [1.82, 2.24) is 0 Å². The molecule has 3 rings (SSSR count). The summed E-state index contributed by atoms with van der Waals surface area (Å²) in [5.41, 5.74) is 2.54. The van der Waals surface area contributed by atoms with Crippen molar-refractivity contribution in [1.29, 1.82) is 0 Å². The number of hydrogen-bond acceptors (Lipinski definition) is 4. The molecule has 0 aromatic heterocycles. The number of esters is 1. The van der Waals surface area contributed by atoms with E-state index in [9.17, 15) is 4.79 Å². The SMILES string of the molecule is COc1ccc(CCOC(=O)C2=Cc3ccccc3OC2)cc1. The van der Waals surface area contributed by atoms with Crippen LogP contribution in [0.15, 0.2) is 54.1 Å². The van der Waals surface area contributed by atoms with Gasteiger partial charge in [0.2, 0.25) is 0 Å². The van der Waals surface area contributed by atoms with Crippen molar-refractivity contribution in [3.8, 4) is 11.5 Å². The van der Waals surface area contributed by atoms with Crippen LogP contribution in [0.25, 0.3) is 6.08 Å². The number of rotatable bonds is 5. The molecular formula is C19H18O4. The average Bonchev–Trinajstić information content (AvgIpc) is 2.61. The lowest BCUT2D eigenvalue weighted by Gasteiger charge is -2.17. The van der Waals surface area contributed by atoms with E-state index >= 15 is 0 Å². The van der Waals surface area contributed by atoms with Gasteiger partial charge in [-0.1, -0.05) is 30.3 Å². The second-order valence-corrected chi connectivity index (χ2v) is 5.23. The highest BCUT2D eigenvalue weighted by Gasteiger charge is 2.17. The molecule has 1 aliphatic heterocycles. The van der Waals surface area contributed by atoms with E-state index in [-0.39, 0.29) is 12.6 Å². The number of ether oxygens (including phenoxy) is 3. The van der Waals surface area contributed by atoms with E-state index in [0.29, 0.717) is 18.6 Å². The van der Waals surface area contributed by atoms with Gasteiger partial charge in [0.1, 0.15) is 18.1 Å². The number of hydrogen-bond donors (Lipinski definition) is 0. The van der Waals surface area contributed by atoms with Gasteiger partial charge >= 0.3 is 5.97 Å². The minimum absolute atomic E-state index is 0.248. The number of benzene rings is 2. The van der Waals surface area contributed by atoms with Crippen LogP contribution in [-0.2, 0) is 16.0 Å². The first-order chi connectivity index (χ1) is 11.3. The normalized spacial score (nSPS) is 12.7. The van der Waals surface area contributed by atoms with Crippen LogP contribution in [-0.4, -0.2) is 26.3 Å². The Morgan fingerprint density at radius 1 is 1.13 bits per heavy atom. The minimum Gasteiger partial charge on any atom is -0.497 e. The molecule has 2 aromatic rings. The maximum Gasteiger partial charge on any atom is 0.337 e. The predicted molar refractivity (Wildman–Crippen MR) is 87.6 cm³/mol. The zero-order chi connectivity index (χ0) is 16.1. The van der Waals surface area contributed by atoms with Crippen LogP contribution in [0.3, 0.4) is 0 Å². The minimum atomic E-state index is -0.326. The molecule has 0 unspecified atom stereocenters. The number of carbonyl (C=O) groups is 1. The molecule has 23 heavy (non-hydrogen) atoms. The lowest BCUT2D eigenvalue weighted by atomic mass is 10.1. The molecule has 0 saturated carbocycles. The van der Waals surface area contributed by atoms with Crippen molar-refractivity contribution in [3.05, 3.63) is 65.2 Å². The van der Waals surface area contributed by atoms with Crippen molar-refractivity contribution in [2.24, 2.45) is 0 Å². The Labute approximate surface area is 135 Å². The molecular weight excluding hydrogens is 292 g/mol. The van der Waals surface area contributed by atoms with Gasteiger partial charge in [-0.2, -0.15) is 0 Å². The van der Waals surface area contributed by atoms with E-state index in [0.717, 1.165) is 22.6 Å². The van der Waals surface area contributed by atoms with Crippen LogP contribution < -0.4 is 9.47 Å². The summed E-state index contributed by atoms with van der Waals surface area (Å²) in [6.07, 6.45) is 2.50. The molecule has 4 nitrogen and oxygen atoms in total. The quantitative estimate of drug-likeness (QED) is 0.795. The molecule has 0 bridgehead atoms. The van der Waals surface area contributed by atoms with Crippen molar-refractivity contribution in [2.45, 2.75) is 6.42 Å². The van der Waals surface area contributed by atoms with Gasteiger partial charge in [-0.15, -0.1) is 0 Å². The van der Waals surface area contributed by atoms with Gasteiger partial charge in [0.25, 0.3) is 0 Å². The fraction of sp³-hybridized carbons (Fsp3) is 0.211. The smallest absolute Gasteiger partial charge is 0.337 e. The third kappa shape index (κ3) is 3.72. The molecule has 4 heteroatoms. The summed E-state index contributed by atoms with van der Waals surface area (Å²) in [7, 11) is 1.63. The molecule has 0 amide bonds. The Kier molecular flexibility index (Phi) is 4.62. The topological polar surface area (TPSA) is 44.8 Å². The van der Waals surface area contributed by atoms with Gasteiger partial charge in [-0.25, -0.2) is 4.79 Å². The van der Waals surface area contributed by atoms with Crippen molar-refractivity contribution < 1.29 is 19.0 Å². The van der Waals surface area contributed by atoms with Crippen LogP contribution in [0.1, 0.15) is 11.1 Å². The number of fused-ring (bicyclic) bond motifs is 1. The van der Waals surface area contributed by atoms with E-state index < -0.39 is 0 Å². The Morgan fingerprint density at radius 3 is 2.70 bits per heavy atom. The van der Waals surface area contributed by atoms with Gasteiger partial charge in [0.15, 0.2) is 0 Å². The first-order valence-electron chi connectivity index (χ1n) is 7.49. The van der Waals surface area contributed by atoms with Crippen LogP contribution in [0.5, 0.6) is 11.5 Å². The molecule has 0 atom stereocenters. The summed E-state index contributed by atoms with van der Waals surface area (Å²) in [4.78, 5) is 12.1. The van der Waals surface area contributed by atoms with Crippen molar-refractivity contribution >= 4 is 12.0 Å². The average molecular weight is 310 g/mol. The first-order valence-corrected chi connectivity index (χ1v) is 7.49. The lowest BCUT2D eigenvalue weighted by molar-refractivity contribution is -0.139. The molecule has 118 valence electrons. The van der Waals surface area contributed by atoms with Crippen LogP contribution in [0.2, 0.25) is 0 Å². The third-order valence-corrected chi connectivity index (χ3v) is 3.68. The van der Waals surface area contributed by atoms with Crippen LogP contribution in [0, 0.1) is 0 Å². The predicted octanol–water partition coefficient (Wildman–Crippen LogP) is 3.26. The summed E-state index contributed by atoms with van der Waals surface area (Å²) in [5.74, 6) is 1.28. The van der Waals surface area contributed by atoms with Gasteiger partial charge < -0.3 is 14.2 Å². The number of methoxy groups -OCH3 is 1. The lowest BCUT2D eigenvalue weighted by Crippen LogP contribution is -2.18. The van der Waals surface area contributed by atoms with Crippen molar-refractivity contribution in [3.63, 3.8) is 0 Å². The summed E-state index contributed by atoms with van der Waals surface area (Å²) < 4.78 is 16.0. The maximum atomic E-state index is 12.1. The highest BCUT2D eigenvalue weighted by atomic mass is 16.5. The van der Waals surface area contributed by atoms with E-state index in [2.05, 4.69) is 0 Å². The summed E-state index contributed by atoms with van der Waals surface area (Å²) >= 11 is 0. The molecule has 0 spiro atoms. The Bertz CT molecular complexity index is 716. The second kappa shape index (κ2) is 7.01. The molecule has 1 heterocycles. The molecule has 0 aliphatic carbocycles. The van der Waals surface area contributed by atoms with Crippen LogP contribution in [0.4, 0.5) is 0 Å². The largest absolute Gasteiger partial charge is 0.497 e. The fourth-order valence-corrected chi connectivity index (χ4v) is 2.38. The van der Waals surface area contributed by atoms with Gasteiger partial charge in [-0.05, 0) is 29.8 Å². The van der Waals surface area contributed by atoms with E-state index in [1.54, 1.807) is 7.11 Å². The molecule has 2 aromatic carbocycles. The third-order valence-electron chi connectivity index (χ3n) is 3.68. The second-order valence-electron chi connectivity index (χ2n) is 5.23. The number of para-hydroxylation sites is 1. The molecule has 0 N–H and O–H groups in total. The highest BCUT2D eigenvalue weighted by Crippen LogP contribution is 2.26. The molecule has 0 radical (unpaired) electrons. The van der Waals surface area contributed by atoms with Crippen LogP contribution >= 0.6 is 0 Å². The van der Waals surface area contributed by atoms with E-state index in [1.807, 2.05) is 54.6 Å². The fourth-order valence-electron chi connectivity index (χ4n) is 2.38. The molecule has 0 fully saturated rings. The van der Waals surface area contributed by atoms with Gasteiger partial charge in [-0.3, -0.25) is 0 Å².